The zero-order valence-electron chi connectivity index (χ0n) is 15.6. The summed E-state index contributed by atoms with van der Waals surface area (Å²) in [4.78, 5) is 16.5. The molecular weight excluding hydrogens is 419 g/mol. The number of halogens is 2. The molecule has 0 amide bonds. The largest absolute Gasteiger partial charge is 0.357 e. The van der Waals surface area contributed by atoms with Gasteiger partial charge in [-0.3, -0.25) is 4.72 Å². The number of sulfonamides is 1. The highest BCUT2D eigenvalue weighted by Crippen LogP contribution is 2.43. The lowest BCUT2D eigenvalue weighted by Gasteiger charge is -2.11. The van der Waals surface area contributed by atoms with Crippen LogP contribution in [0.25, 0.3) is 22.6 Å². The van der Waals surface area contributed by atoms with Crippen molar-refractivity contribution in [3.63, 3.8) is 0 Å². The van der Waals surface area contributed by atoms with Crippen LogP contribution in [0.1, 0.15) is 24.6 Å². The van der Waals surface area contributed by atoms with Crippen LogP contribution in [0.15, 0.2) is 24.4 Å². The number of anilines is 2. The zero-order chi connectivity index (χ0) is 20.8. The fourth-order valence-electron chi connectivity index (χ4n) is 2.98. The molecule has 1 fully saturated rings. The van der Waals surface area contributed by atoms with E-state index in [2.05, 4.69) is 30.0 Å². The van der Waals surface area contributed by atoms with Crippen molar-refractivity contribution in [2.45, 2.75) is 18.8 Å². The first kappa shape index (κ1) is 19.6. The Kier molecular flexibility index (Phi) is 4.91. The Morgan fingerprint density at radius 3 is 2.69 bits per heavy atom. The van der Waals surface area contributed by atoms with Gasteiger partial charge in [0.1, 0.15) is 11.6 Å². The van der Waals surface area contributed by atoms with Crippen LogP contribution in [0.4, 0.5) is 16.0 Å². The highest BCUT2D eigenvalue weighted by atomic mass is 35.5. The Bertz CT molecular complexity index is 1190. The first-order valence-electron chi connectivity index (χ1n) is 8.83. The summed E-state index contributed by atoms with van der Waals surface area (Å²) in [6.07, 6.45) is 4.59. The van der Waals surface area contributed by atoms with Crippen LogP contribution in [0.3, 0.4) is 0 Å². The molecule has 8 nitrogen and oxygen atoms in total. The predicted molar refractivity (Wildman–Crippen MR) is 110 cm³/mol. The van der Waals surface area contributed by atoms with Crippen LogP contribution in [-0.4, -0.2) is 41.7 Å². The number of benzene rings is 1. The number of hydrogen-bond donors (Lipinski definition) is 3. The van der Waals surface area contributed by atoms with Crippen LogP contribution >= 0.6 is 11.6 Å². The summed E-state index contributed by atoms with van der Waals surface area (Å²) < 4.78 is 39.8. The molecule has 0 saturated heterocycles. The van der Waals surface area contributed by atoms with Gasteiger partial charge in [-0.25, -0.2) is 27.8 Å². The lowest BCUT2D eigenvalue weighted by Crippen LogP contribution is -2.10. The molecule has 1 aromatic carbocycles. The van der Waals surface area contributed by atoms with Crippen molar-refractivity contribution in [3.05, 3.63) is 41.1 Å². The first-order chi connectivity index (χ1) is 13.7. The molecule has 0 bridgehead atoms. The quantitative estimate of drug-likeness (QED) is 0.544. The molecule has 2 aromatic heterocycles. The number of aromatic amines is 1. The molecule has 152 valence electrons. The first-order valence-corrected chi connectivity index (χ1v) is 11.1. The van der Waals surface area contributed by atoms with E-state index in [0.29, 0.717) is 28.9 Å². The highest BCUT2D eigenvalue weighted by Gasteiger charge is 2.30. The van der Waals surface area contributed by atoms with Gasteiger partial charge in [0.05, 0.1) is 34.0 Å². The van der Waals surface area contributed by atoms with E-state index < -0.39 is 15.8 Å². The Morgan fingerprint density at radius 2 is 2.03 bits per heavy atom. The Hall–Kier alpha value is -2.72. The molecule has 11 heteroatoms. The number of nitrogens with one attached hydrogen (secondary N) is 3. The lowest BCUT2D eigenvalue weighted by atomic mass is 10.1. The molecule has 1 aliphatic carbocycles. The van der Waals surface area contributed by atoms with Crippen molar-refractivity contribution < 1.29 is 12.8 Å². The topological polar surface area (TPSA) is 113 Å². The number of aromatic nitrogens is 4. The fourth-order valence-corrected chi connectivity index (χ4v) is 3.84. The minimum atomic E-state index is -3.64. The van der Waals surface area contributed by atoms with Gasteiger partial charge >= 0.3 is 0 Å². The second kappa shape index (κ2) is 7.27. The average molecular weight is 437 g/mol. The van der Waals surface area contributed by atoms with Gasteiger partial charge in [0.15, 0.2) is 0 Å². The second-order valence-corrected chi connectivity index (χ2v) is 8.95. The van der Waals surface area contributed by atoms with E-state index in [9.17, 15) is 12.8 Å². The lowest BCUT2D eigenvalue weighted by molar-refractivity contribution is 0.606. The minimum absolute atomic E-state index is 0.0508. The van der Waals surface area contributed by atoms with Crippen LogP contribution < -0.4 is 10.0 Å². The molecule has 3 N–H and O–H groups in total. The third-order valence-electron chi connectivity index (χ3n) is 4.41. The zero-order valence-corrected chi connectivity index (χ0v) is 17.2. The van der Waals surface area contributed by atoms with Gasteiger partial charge in [-0.1, -0.05) is 11.6 Å². The Morgan fingerprint density at radius 1 is 1.28 bits per heavy atom. The molecular formula is C18H18ClFN6O2S. The third kappa shape index (κ3) is 4.18. The summed E-state index contributed by atoms with van der Waals surface area (Å²) in [7, 11) is -1.94. The van der Waals surface area contributed by atoms with Crippen LogP contribution in [0.5, 0.6) is 0 Å². The maximum Gasteiger partial charge on any atom is 0.229 e. The van der Waals surface area contributed by atoms with Gasteiger partial charge in [0.2, 0.25) is 16.0 Å². The van der Waals surface area contributed by atoms with Gasteiger partial charge in [0.25, 0.3) is 0 Å². The molecule has 3 aromatic rings. The van der Waals surface area contributed by atoms with Crippen molar-refractivity contribution in [1.29, 1.82) is 0 Å². The van der Waals surface area contributed by atoms with Crippen LogP contribution in [0, 0.1) is 5.82 Å². The van der Waals surface area contributed by atoms with Crippen LogP contribution in [-0.2, 0) is 10.0 Å². The summed E-state index contributed by atoms with van der Waals surface area (Å²) in [5, 5.41) is 2.93. The maximum atomic E-state index is 14.3. The number of rotatable bonds is 6. The van der Waals surface area contributed by atoms with Crippen molar-refractivity contribution in [3.8, 4) is 22.6 Å². The summed E-state index contributed by atoms with van der Waals surface area (Å²) in [6.45, 7) is 0. The SMILES string of the molecule is CNc1nccc(-c2[nH]c(C3CC3)nc2-c2cc(F)cc(NS(C)(=O)=O)c2Cl)n1. The average Bonchev–Trinajstić information content (AvgIpc) is 3.42. The van der Waals surface area contributed by atoms with Gasteiger partial charge in [0, 0.05) is 24.7 Å². The van der Waals surface area contributed by atoms with E-state index in [4.69, 9.17) is 11.6 Å². The van der Waals surface area contributed by atoms with Crippen LogP contribution in [0.2, 0.25) is 5.02 Å². The number of imidazole rings is 1. The normalized spacial score (nSPS) is 14.1. The summed E-state index contributed by atoms with van der Waals surface area (Å²) in [6, 6.07) is 3.97. The van der Waals surface area contributed by atoms with Gasteiger partial charge in [-0.15, -0.1) is 0 Å². The van der Waals surface area contributed by atoms with E-state index in [1.807, 2.05) is 0 Å². The molecule has 1 saturated carbocycles. The van der Waals surface area contributed by atoms with Gasteiger partial charge < -0.3 is 10.3 Å². The Balaban J connectivity index is 1.91. The van der Waals surface area contributed by atoms with E-state index in [1.54, 1.807) is 19.3 Å². The van der Waals surface area contributed by atoms with Gasteiger partial charge in [-0.05, 0) is 31.0 Å². The maximum absolute atomic E-state index is 14.3. The van der Waals surface area contributed by atoms with Crippen molar-refractivity contribution in [2.24, 2.45) is 0 Å². The van der Waals surface area contributed by atoms with Gasteiger partial charge in [-0.2, -0.15) is 0 Å². The molecule has 0 aliphatic heterocycles. The number of H-pyrrole nitrogens is 1. The number of nitrogens with zero attached hydrogens (tertiary/aromatic N) is 3. The highest BCUT2D eigenvalue weighted by molar-refractivity contribution is 7.92. The fraction of sp³-hybridized carbons (Fsp3) is 0.278. The molecule has 1 aliphatic rings. The molecule has 0 spiro atoms. The van der Waals surface area contributed by atoms with Crippen molar-refractivity contribution in [2.75, 3.05) is 23.3 Å². The smallest absolute Gasteiger partial charge is 0.229 e. The molecule has 0 unspecified atom stereocenters. The van der Waals surface area contributed by atoms with Crippen molar-refractivity contribution in [1.82, 2.24) is 19.9 Å². The Labute approximate surface area is 172 Å². The second-order valence-electron chi connectivity index (χ2n) is 6.82. The van der Waals surface area contributed by atoms with E-state index in [-0.39, 0.29) is 16.3 Å². The molecule has 0 atom stereocenters. The summed E-state index contributed by atoms with van der Waals surface area (Å²) in [5.74, 6) is 0.837. The van der Waals surface area contributed by atoms with Crippen molar-refractivity contribution >= 4 is 33.3 Å². The standard InChI is InChI=1S/C18H18ClFN6O2S/c1-21-18-22-6-5-12(23-18)16-15(24-17(25-16)9-3-4-9)11-7-10(20)8-13(14(11)19)26-29(2,27)28/h5-9,26H,3-4H2,1-2H3,(H,24,25)(H,21,22,23). The van der Waals surface area contributed by atoms with E-state index >= 15 is 0 Å². The summed E-state index contributed by atoms with van der Waals surface area (Å²) >= 11 is 6.45. The molecule has 4 rings (SSSR count). The molecule has 0 radical (unpaired) electrons. The van der Waals surface area contributed by atoms with E-state index in [0.717, 1.165) is 31.0 Å². The minimum Gasteiger partial charge on any atom is -0.357 e. The predicted octanol–water partition coefficient (Wildman–Crippen LogP) is 3.62. The monoisotopic (exact) mass is 436 g/mol. The summed E-state index contributed by atoms with van der Waals surface area (Å²) in [5.41, 5.74) is 1.72. The molecule has 29 heavy (non-hydrogen) atoms. The third-order valence-corrected chi connectivity index (χ3v) is 5.41. The molecule has 2 heterocycles. The number of hydrogen-bond acceptors (Lipinski definition) is 6. The van der Waals surface area contributed by atoms with E-state index in [1.165, 1.54) is 6.07 Å².